The van der Waals surface area contributed by atoms with Crippen molar-refractivity contribution in [2.24, 2.45) is 0 Å². The van der Waals surface area contributed by atoms with Gasteiger partial charge in [0.1, 0.15) is 0 Å². The molecule has 3 rings (SSSR count). The lowest BCUT2D eigenvalue weighted by molar-refractivity contribution is 1.13. The van der Waals surface area contributed by atoms with Crippen LogP contribution in [0.25, 0.3) is 0 Å². The standard InChI is InChI=1S/C22H24NPS/c1-17-5-11-20(12-6-17)24(25,21-13-7-18(2)8-14-21)22-15-9-19(10-16-22)23(3)4/h5-16H,1-4H3. The average molecular weight is 365 g/mol. The summed E-state index contributed by atoms with van der Waals surface area (Å²) in [5.41, 5.74) is 3.72. The summed E-state index contributed by atoms with van der Waals surface area (Å²) in [6, 6.07) is 24.2. The fourth-order valence-corrected chi connectivity index (χ4v) is 6.61. The lowest BCUT2D eigenvalue weighted by Crippen LogP contribution is -2.25. The van der Waals surface area contributed by atoms with Crippen molar-refractivity contribution in [2.45, 2.75) is 13.8 Å². The largest absolute Gasteiger partial charge is 0.378 e. The molecule has 0 atom stereocenters. The summed E-state index contributed by atoms with van der Waals surface area (Å²) < 4.78 is 0. The van der Waals surface area contributed by atoms with E-state index in [1.807, 2.05) is 0 Å². The maximum absolute atomic E-state index is 6.39. The van der Waals surface area contributed by atoms with Crippen molar-refractivity contribution in [2.75, 3.05) is 19.0 Å². The zero-order chi connectivity index (χ0) is 18.0. The summed E-state index contributed by atoms with van der Waals surface area (Å²) in [5.74, 6) is 0. The summed E-state index contributed by atoms with van der Waals surface area (Å²) in [4.78, 5) is 2.12. The molecule has 0 aliphatic carbocycles. The van der Waals surface area contributed by atoms with Crippen molar-refractivity contribution in [3.63, 3.8) is 0 Å². The van der Waals surface area contributed by atoms with E-state index in [0.717, 1.165) is 0 Å². The predicted octanol–water partition coefficient (Wildman–Crippen LogP) is 4.13. The van der Waals surface area contributed by atoms with Crippen LogP contribution in [0.1, 0.15) is 11.1 Å². The first-order valence-electron chi connectivity index (χ1n) is 8.44. The van der Waals surface area contributed by atoms with E-state index in [-0.39, 0.29) is 0 Å². The molecule has 3 aromatic carbocycles. The van der Waals surface area contributed by atoms with Crippen LogP contribution in [0.15, 0.2) is 72.8 Å². The van der Waals surface area contributed by atoms with Crippen molar-refractivity contribution in [1.29, 1.82) is 0 Å². The molecule has 25 heavy (non-hydrogen) atoms. The Morgan fingerprint density at radius 3 is 1.24 bits per heavy atom. The van der Waals surface area contributed by atoms with E-state index in [4.69, 9.17) is 11.8 Å². The van der Waals surface area contributed by atoms with E-state index in [0.29, 0.717) is 0 Å². The molecule has 0 unspecified atom stereocenters. The Morgan fingerprint density at radius 2 is 0.920 bits per heavy atom. The summed E-state index contributed by atoms with van der Waals surface area (Å²) in [5, 5.41) is 3.73. The summed E-state index contributed by atoms with van der Waals surface area (Å²) >= 11 is 6.39. The molecule has 0 fully saturated rings. The Balaban J connectivity index is 2.19. The normalized spacial score (nSPS) is 11.4. The van der Waals surface area contributed by atoms with Gasteiger partial charge in [-0.05, 0) is 41.9 Å². The van der Waals surface area contributed by atoms with Crippen LogP contribution in [0.4, 0.5) is 5.69 Å². The van der Waals surface area contributed by atoms with Crippen LogP contribution in [0, 0.1) is 13.8 Å². The highest BCUT2D eigenvalue weighted by Crippen LogP contribution is 2.43. The molecule has 3 aromatic rings. The van der Waals surface area contributed by atoms with Gasteiger partial charge in [0, 0.05) is 25.8 Å². The van der Waals surface area contributed by atoms with Crippen LogP contribution in [-0.4, -0.2) is 14.1 Å². The highest BCUT2D eigenvalue weighted by atomic mass is 32.4. The molecular weight excluding hydrogens is 341 g/mol. The van der Waals surface area contributed by atoms with Crippen LogP contribution in [0.2, 0.25) is 0 Å². The van der Waals surface area contributed by atoms with Crippen LogP contribution < -0.4 is 20.8 Å². The minimum atomic E-state index is -2.05. The third-order valence-corrected chi connectivity index (χ3v) is 9.50. The van der Waals surface area contributed by atoms with Crippen LogP contribution in [0.5, 0.6) is 0 Å². The summed E-state index contributed by atoms with van der Waals surface area (Å²) in [6.07, 6.45) is 0. The van der Waals surface area contributed by atoms with E-state index in [1.165, 1.54) is 32.7 Å². The van der Waals surface area contributed by atoms with E-state index in [9.17, 15) is 0 Å². The molecular formula is C22H24NPS. The second kappa shape index (κ2) is 7.15. The van der Waals surface area contributed by atoms with Crippen molar-refractivity contribution >= 4 is 39.4 Å². The fourth-order valence-electron chi connectivity index (χ4n) is 2.92. The Kier molecular flexibility index (Phi) is 5.13. The van der Waals surface area contributed by atoms with E-state index in [2.05, 4.69) is 106 Å². The minimum Gasteiger partial charge on any atom is -0.378 e. The Labute approximate surface area is 156 Å². The molecule has 0 heterocycles. The monoisotopic (exact) mass is 365 g/mol. The third kappa shape index (κ3) is 3.56. The van der Waals surface area contributed by atoms with Gasteiger partial charge in [-0.3, -0.25) is 0 Å². The Morgan fingerprint density at radius 1 is 0.600 bits per heavy atom. The van der Waals surface area contributed by atoms with Gasteiger partial charge in [-0.1, -0.05) is 83.6 Å². The second-order valence-electron chi connectivity index (χ2n) is 6.69. The Bertz CT molecular complexity index is 845. The van der Waals surface area contributed by atoms with Gasteiger partial charge in [-0.2, -0.15) is 0 Å². The molecule has 0 amide bonds. The van der Waals surface area contributed by atoms with E-state index >= 15 is 0 Å². The smallest absolute Gasteiger partial charge is 0.0379 e. The van der Waals surface area contributed by atoms with Crippen molar-refractivity contribution in [3.05, 3.63) is 83.9 Å². The van der Waals surface area contributed by atoms with Crippen LogP contribution in [0.3, 0.4) is 0 Å². The summed E-state index contributed by atoms with van der Waals surface area (Å²) in [6.45, 7) is 4.23. The molecule has 0 saturated carbocycles. The quantitative estimate of drug-likeness (QED) is 0.640. The molecule has 0 radical (unpaired) electrons. The third-order valence-electron chi connectivity index (χ3n) is 4.52. The van der Waals surface area contributed by atoms with Crippen LogP contribution in [-0.2, 0) is 11.8 Å². The number of aryl methyl sites for hydroxylation is 2. The highest BCUT2D eigenvalue weighted by molar-refractivity contribution is 8.25. The maximum atomic E-state index is 6.39. The van der Waals surface area contributed by atoms with Crippen molar-refractivity contribution < 1.29 is 0 Å². The molecule has 0 aliphatic rings. The predicted molar refractivity (Wildman–Crippen MR) is 116 cm³/mol. The Hall–Kier alpha value is -1.89. The van der Waals surface area contributed by atoms with Gasteiger partial charge < -0.3 is 4.90 Å². The first kappa shape index (κ1) is 17.9. The number of hydrogen-bond donors (Lipinski definition) is 0. The molecule has 0 spiro atoms. The van der Waals surface area contributed by atoms with Crippen LogP contribution >= 0.6 is 6.04 Å². The van der Waals surface area contributed by atoms with Gasteiger partial charge in [0.25, 0.3) is 0 Å². The number of benzene rings is 3. The SMILES string of the molecule is Cc1ccc(P(=S)(c2ccc(C)cc2)c2ccc(N(C)C)cc2)cc1. The minimum absolute atomic E-state index is 1.19. The second-order valence-corrected chi connectivity index (χ2v) is 11.1. The molecule has 0 bridgehead atoms. The molecule has 0 N–H and O–H groups in total. The molecule has 0 saturated heterocycles. The highest BCUT2D eigenvalue weighted by Gasteiger charge is 2.24. The van der Waals surface area contributed by atoms with Crippen molar-refractivity contribution in [1.82, 2.24) is 0 Å². The van der Waals surface area contributed by atoms with Gasteiger partial charge in [-0.15, -0.1) is 0 Å². The summed E-state index contributed by atoms with van der Waals surface area (Å²) in [7, 11) is 4.12. The molecule has 0 aromatic heterocycles. The van der Waals surface area contributed by atoms with Gasteiger partial charge >= 0.3 is 0 Å². The first-order valence-corrected chi connectivity index (χ1v) is 11.2. The van der Waals surface area contributed by atoms with Crippen molar-refractivity contribution in [3.8, 4) is 0 Å². The number of nitrogens with zero attached hydrogens (tertiary/aromatic N) is 1. The molecule has 128 valence electrons. The van der Waals surface area contributed by atoms with Gasteiger partial charge in [-0.25, -0.2) is 0 Å². The number of rotatable bonds is 4. The zero-order valence-electron chi connectivity index (χ0n) is 15.2. The van der Waals surface area contributed by atoms with E-state index in [1.54, 1.807) is 0 Å². The molecule has 3 heteroatoms. The first-order chi connectivity index (χ1) is 11.9. The zero-order valence-corrected chi connectivity index (χ0v) is 16.9. The lowest BCUT2D eigenvalue weighted by atomic mass is 10.2. The van der Waals surface area contributed by atoms with Gasteiger partial charge in [0.2, 0.25) is 0 Å². The van der Waals surface area contributed by atoms with Gasteiger partial charge in [0.15, 0.2) is 0 Å². The fraction of sp³-hybridized carbons (Fsp3) is 0.182. The average Bonchev–Trinajstić information content (AvgIpc) is 2.62. The topological polar surface area (TPSA) is 3.24 Å². The lowest BCUT2D eigenvalue weighted by Gasteiger charge is -2.25. The van der Waals surface area contributed by atoms with Gasteiger partial charge in [0.05, 0.1) is 0 Å². The van der Waals surface area contributed by atoms with E-state index < -0.39 is 6.04 Å². The molecule has 0 aliphatic heterocycles. The number of hydrogen-bond acceptors (Lipinski definition) is 2. The molecule has 1 nitrogen and oxygen atoms in total. The maximum Gasteiger partial charge on any atom is 0.0379 e. The number of anilines is 1.